The Bertz CT molecular complexity index is 1060. The smallest absolute Gasteiger partial charge is 0.267 e. The number of hydroxylamine groups is 1. The molecule has 1 aromatic heterocycles. The van der Waals surface area contributed by atoms with Gasteiger partial charge in [-0.2, -0.15) is 0 Å². The van der Waals surface area contributed by atoms with Crippen molar-refractivity contribution in [3.63, 3.8) is 0 Å². The van der Waals surface area contributed by atoms with E-state index in [2.05, 4.69) is 23.3 Å². The summed E-state index contributed by atoms with van der Waals surface area (Å²) < 4.78 is 2.23. The number of hydrogen-bond donors (Lipinski definition) is 3. The van der Waals surface area contributed by atoms with Crippen LogP contribution < -0.4 is 5.48 Å². The Balaban J connectivity index is 1.86. The number of amides is 1. The Morgan fingerprint density at radius 1 is 1.23 bits per heavy atom. The summed E-state index contributed by atoms with van der Waals surface area (Å²) in [5, 5.41) is 16.1. The van der Waals surface area contributed by atoms with Gasteiger partial charge in [-0.1, -0.05) is 43.0 Å². The Morgan fingerprint density at radius 2 is 2.03 bits per heavy atom. The average molecular weight is 418 g/mol. The molecule has 7 heteroatoms. The lowest BCUT2D eigenvalue weighted by molar-refractivity contribution is -0.124. The van der Waals surface area contributed by atoms with Crippen molar-refractivity contribution >= 4 is 29.4 Å². The van der Waals surface area contributed by atoms with Gasteiger partial charge in [0.15, 0.2) is 0 Å². The minimum Gasteiger partial charge on any atom is -0.340 e. The van der Waals surface area contributed by atoms with Gasteiger partial charge in [0.1, 0.15) is 5.82 Å². The number of imidazole rings is 1. The van der Waals surface area contributed by atoms with E-state index >= 15 is 0 Å². The minimum atomic E-state index is -0.577. The molecule has 1 heterocycles. The molecule has 2 aromatic carbocycles. The van der Waals surface area contributed by atoms with Gasteiger partial charge in [-0.3, -0.25) is 15.4 Å². The molecule has 0 unspecified atom stereocenters. The van der Waals surface area contributed by atoms with Gasteiger partial charge >= 0.3 is 0 Å². The zero-order valence-electron chi connectivity index (χ0n) is 17.4. The highest BCUT2D eigenvalue weighted by molar-refractivity contribution is 5.91. The van der Waals surface area contributed by atoms with E-state index in [4.69, 9.17) is 15.6 Å². The Labute approximate surface area is 181 Å². The van der Waals surface area contributed by atoms with Crippen LogP contribution in [0, 0.1) is 5.41 Å². The highest BCUT2D eigenvalue weighted by Crippen LogP contribution is 2.21. The molecule has 0 saturated carbocycles. The summed E-state index contributed by atoms with van der Waals surface area (Å²) >= 11 is 0. The summed E-state index contributed by atoms with van der Waals surface area (Å²) in [5.41, 5.74) is 5.58. The van der Waals surface area contributed by atoms with Crippen LogP contribution in [0.2, 0.25) is 0 Å². The van der Waals surface area contributed by atoms with Gasteiger partial charge in [0, 0.05) is 25.6 Å². The number of nitrogens with one attached hydrogen (secondary N) is 2. The molecule has 0 spiro atoms. The van der Waals surface area contributed by atoms with Crippen molar-refractivity contribution in [3.05, 3.63) is 84.3 Å². The van der Waals surface area contributed by atoms with Crippen LogP contribution >= 0.6 is 0 Å². The van der Waals surface area contributed by atoms with E-state index in [1.54, 1.807) is 22.7 Å². The lowest BCUT2D eigenvalue weighted by Crippen LogP contribution is -2.17. The fourth-order valence-electron chi connectivity index (χ4n) is 3.47. The quantitative estimate of drug-likeness (QED) is 0.145. The van der Waals surface area contributed by atoms with Crippen LogP contribution in [0.1, 0.15) is 23.4 Å². The van der Waals surface area contributed by atoms with Crippen LogP contribution in [0.4, 0.5) is 0 Å². The zero-order valence-corrected chi connectivity index (χ0v) is 17.4. The molecule has 3 N–H and O–H groups in total. The van der Waals surface area contributed by atoms with Crippen molar-refractivity contribution in [1.29, 1.82) is 5.41 Å². The first-order chi connectivity index (χ1) is 15.1. The topological polar surface area (TPSA) is 94.2 Å². The maximum atomic E-state index is 11.3. The summed E-state index contributed by atoms with van der Waals surface area (Å²) in [6, 6.07) is 16.2. The number of hydrogen-bond acceptors (Lipinski definition) is 4. The number of rotatable bonds is 11. The van der Waals surface area contributed by atoms with E-state index in [-0.39, 0.29) is 0 Å². The third-order valence-electron chi connectivity index (χ3n) is 5.07. The maximum Gasteiger partial charge on any atom is 0.267 e. The number of carbonyl (C=O) groups is 1. The van der Waals surface area contributed by atoms with Gasteiger partial charge in [-0.15, -0.1) is 0 Å². The molecule has 0 fully saturated rings. The van der Waals surface area contributed by atoms with Crippen molar-refractivity contribution in [2.75, 3.05) is 6.54 Å². The maximum absolute atomic E-state index is 11.3. The molecule has 7 nitrogen and oxygen atoms in total. The standard InChI is InChI=1S/C24H27N5O2/c1-2-28(18-25)15-6-16-29-22-12-9-20(11-14-24(30)27-31)17-21(22)26-23(29)13-10-19-7-4-3-5-8-19/h2-5,7-9,11-12,14,17-18,25,31H,1,6,10,13,15-16H2,(H,27,30)/b14-11+,25-18?. The van der Waals surface area contributed by atoms with Crippen molar-refractivity contribution in [3.8, 4) is 0 Å². The third-order valence-corrected chi connectivity index (χ3v) is 5.07. The van der Waals surface area contributed by atoms with E-state index < -0.39 is 5.91 Å². The third kappa shape index (κ3) is 5.90. The summed E-state index contributed by atoms with van der Waals surface area (Å²) in [6.07, 6.45) is 8.39. The molecule has 0 aliphatic rings. The molecule has 3 rings (SSSR count). The molecular formula is C24H27N5O2. The summed E-state index contributed by atoms with van der Waals surface area (Å²) in [6.45, 7) is 5.22. The van der Waals surface area contributed by atoms with E-state index in [1.807, 2.05) is 36.4 Å². The predicted octanol–water partition coefficient (Wildman–Crippen LogP) is 3.78. The Kier molecular flexibility index (Phi) is 7.73. The number of carbonyl (C=O) groups excluding carboxylic acids is 1. The van der Waals surface area contributed by atoms with E-state index in [0.717, 1.165) is 48.2 Å². The van der Waals surface area contributed by atoms with Gasteiger partial charge in [-0.05, 0) is 48.4 Å². The second-order valence-corrected chi connectivity index (χ2v) is 7.13. The molecular weight excluding hydrogens is 390 g/mol. The predicted molar refractivity (Wildman–Crippen MR) is 123 cm³/mol. The number of aryl methyl sites for hydroxylation is 3. The van der Waals surface area contributed by atoms with Crippen LogP contribution in [0.25, 0.3) is 17.1 Å². The van der Waals surface area contributed by atoms with E-state index in [9.17, 15) is 4.79 Å². The molecule has 0 atom stereocenters. The molecule has 0 bridgehead atoms. The first kappa shape index (κ1) is 22.0. The lowest BCUT2D eigenvalue weighted by Gasteiger charge is -2.14. The van der Waals surface area contributed by atoms with Gasteiger partial charge in [0.2, 0.25) is 0 Å². The monoisotopic (exact) mass is 417 g/mol. The SMILES string of the molecule is C=CN(C=N)CCCn1c(CCc2ccccc2)nc2cc(/C=C/C(=O)NO)ccc21. The van der Waals surface area contributed by atoms with Gasteiger partial charge < -0.3 is 9.47 Å². The van der Waals surface area contributed by atoms with Crippen LogP contribution in [-0.4, -0.2) is 38.4 Å². The first-order valence-electron chi connectivity index (χ1n) is 10.2. The molecule has 3 aromatic rings. The summed E-state index contributed by atoms with van der Waals surface area (Å²) in [4.78, 5) is 17.9. The summed E-state index contributed by atoms with van der Waals surface area (Å²) in [5.74, 6) is 0.431. The fourth-order valence-corrected chi connectivity index (χ4v) is 3.47. The average Bonchev–Trinajstić information content (AvgIpc) is 3.16. The van der Waals surface area contributed by atoms with Crippen molar-refractivity contribution in [2.24, 2.45) is 0 Å². The van der Waals surface area contributed by atoms with E-state index in [1.165, 1.54) is 18.0 Å². The van der Waals surface area contributed by atoms with Gasteiger partial charge in [-0.25, -0.2) is 10.5 Å². The second-order valence-electron chi connectivity index (χ2n) is 7.13. The molecule has 160 valence electrons. The highest BCUT2D eigenvalue weighted by atomic mass is 16.5. The van der Waals surface area contributed by atoms with Crippen molar-refractivity contribution in [2.45, 2.75) is 25.8 Å². The first-order valence-corrected chi connectivity index (χ1v) is 10.2. The van der Waals surface area contributed by atoms with Gasteiger partial charge in [0.05, 0.1) is 17.4 Å². The van der Waals surface area contributed by atoms with Crippen LogP contribution in [0.5, 0.6) is 0 Å². The minimum absolute atomic E-state index is 0.577. The van der Waals surface area contributed by atoms with E-state index in [0.29, 0.717) is 6.54 Å². The molecule has 0 saturated heterocycles. The fraction of sp³-hybridized carbons (Fsp3) is 0.208. The van der Waals surface area contributed by atoms with Crippen LogP contribution in [0.15, 0.2) is 67.4 Å². The Hall–Kier alpha value is -3.71. The second kappa shape index (κ2) is 10.9. The largest absolute Gasteiger partial charge is 0.340 e. The van der Waals surface area contributed by atoms with Crippen LogP contribution in [-0.2, 0) is 24.2 Å². The lowest BCUT2D eigenvalue weighted by atomic mass is 10.1. The van der Waals surface area contributed by atoms with Gasteiger partial charge in [0.25, 0.3) is 5.91 Å². The number of aromatic nitrogens is 2. The number of benzene rings is 2. The number of nitrogens with zero attached hydrogens (tertiary/aromatic N) is 3. The number of fused-ring (bicyclic) bond motifs is 1. The van der Waals surface area contributed by atoms with Crippen molar-refractivity contribution in [1.82, 2.24) is 19.9 Å². The van der Waals surface area contributed by atoms with Crippen LogP contribution in [0.3, 0.4) is 0 Å². The molecule has 31 heavy (non-hydrogen) atoms. The normalized spacial score (nSPS) is 11.0. The Morgan fingerprint density at radius 3 is 2.74 bits per heavy atom. The zero-order chi connectivity index (χ0) is 22.1. The molecule has 1 amide bonds. The highest BCUT2D eigenvalue weighted by Gasteiger charge is 2.12. The molecule has 0 aliphatic carbocycles. The molecule has 0 radical (unpaired) electrons. The summed E-state index contributed by atoms with van der Waals surface area (Å²) in [7, 11) is 0. The molecule has 0 aliphatic heterocycles. The van der Waals surface area contributed by atoms with Crippen molar-refractivity contribution < 1.29 is 10.0 Å².